The Morgan fingerprint density at radius 3 is 2.61 bits per heavy atom. The van der Waals surface area contributed by atoms with E-state index in [2.05, 4.69) is 46.4 Å². The van der Waals surface area contributed by atoms with Crippen LogP contribution in [0.3, 0.4) is 0 Å². The van der Waals surface area contributed by atoms with Crippen LogP contribution in [0.25, 0.3) is 11.3 Å². The third kappa shape index (κ3) is 4.19. The highest BCUT2D eigenvalue weighted by Crippen LogP contribution is 2.41. The molecule has 1 N–H and O–H groups in total. The zero-order valence-electron chi connectivity index (χ0n) is 18.0. The van der Waals surface area contributed by atoms with Gasteiger partial charge in [0.05, 0.1) is 5.69 Å². The number of piperidine rings is 1. The van der Waals surface area contributed by atoms with Crippen LogP contribution in [0.4, 0.5) is 10.3 Å². The van der Waals surface area contributed by atoms with Crippen LogP contribution in [0, 0.1) is 5.82 Å². The van der Waals surface area contributed by atoms with Crippen LogP contribution >= 0.6 is 0 Å². The average molecular weight is 417 g/mol. The summed E-state index contributed by atoms with van der Waals surface area (Å²) in [5.74, 6) is 0.713. The van der Waals surface area contributed by atoms with Gasteiger partial charge in [-0.2, -0.15) is 0 Å². The fraction of sp³-hybridized carbons (Fsp3) is 0.385. The molecule has 31 heavy (non-hydrogen) atoms. The maximum atomic E-state index is 13.5. The minimum atomic E-state index is -0.201. The number of aromatic nitrogens is 2. The normalized spacial score (nSPS) is 19.0. The molecule has 1 aromatic heterocycles. The van der Waals surface area contributed by atoms with Gasteiger partial charge in [0.25, 0.3) is 0 Å². The number of nitrogens with zero attached hydrogens (tertiary/aromatic N) is 3. The van der Waals surface area contributed by atoms with Crippen LogP contribution in [0.5, 0.6) is 0 Å². The van der Waals surface area contributed by atoms with Gasteiger partial charge in [-0.05, 0) is 61.1 Å². The molecule has 1 fully saturated rings. The molecule has 2 heterocycles. The first-order valence-corrected chi connectivity index (χ1v) is 11.4. The highest BCUT2D eigenvalue weighted by atomic mass is 19.1. The molecule has 160 valence electrons. The smallest absolute Gasteiger partial charge is 0.223 e. The summed E-state index contributed by atoms with van der Waals surface area (Å²) >= 11 is 0. The van der Waals surface area contributed by atoms with Crippen LogP contribution in [-0.2, 0) is 6.42 Å². The molecule has 2 aliphatic rings. The highest BCUT2D eigenvalue weighted by Gasteiger charge is 2.28. The third-order valence-electron chi connectivity index (χ3n) is 6.61. The van der Waals surface area contributed by atoms with Gasteiger partial charge >= 0.3 is 0 Å². The zero-order chi connectivity index (χ0) is 21.2. The lowest BCUT2D eigenvalue weighted by atomic mass is 9.78. The van der Waals surface area contributed by atoms with Crippen LogP contribution in [0.15, 0.2) is 54.7 Å². The predicted octanol–water partition coefficient (Wildman–Crippen LogP) is 5.26. The summed E-state index contributed by atoms with van der Waals surface area (Å²) in [4.78, 5) is 12.2. The molecule has 0 spiro atoms. The van der Waals surface area contributed by atoms with E-state index in [-0.39, 0.29) is 11.7 Å². The van der Waals surface area contributed by atoms with Gasteiger partial charge in [0.15, 0.2) is 0 Å². The second-order valence-corrected chi connectivity index (χ2v) is 8.72. The highest BCUT2D eigenvalue weighted by molar-refractivity contribution is 5.72. The monoisotopic (exact) mass is 416 g/mol. The van der Waals surface area contributed by atoms with E-state index < -0.39 is 0 Å². The van der Waals surface area contributed by atoms with E-state index in [1.165, 1.54) is 18.5 Å². The Hall–Kier alpha value is -2.79. The largest absolute Gasteiger partial charge is 0.351 e. The zero-order valence-corrected chi connectivity index (χ0v) is 18.0. The summed E-state index contributed by atoms with van der Waals surface area (Å²) < 4.78 is 13.5. The molecule has 1 aliphatic heterocycles. The summed E-state index contributed by atoms with van der Waals surface area (Å²) in [6.45, 7) is 5.70. The number of hydrogen-bond donors (Lipinski definition) is 1. The maximum absolute atomic E-state index is 13.5. The number of halogens is 1. The van der Waals surface area contributed by atoms with Gasteiger partial charge in [-0.25, -0.2) is 14.4 Å². The lowest BCUT2D eigenvalue weighted by Crippen LogP contribution is -2.39. The fourth-order valence-corrected chi connectivity index (χ4v) is 5.00. The van der Waals surface area contributed by atoms with Crippen molar-refractivity contribution in [2.45, 2.75) is 44.6 Å². The van der Waals surface area contributed by atoms with Gasteiger partial charge in [0.1, 0.15) is 5.82 Å². The first kappa shape index (κ1) is 20.1. The summed E-state index contributed by atoms with van der Waals surface area (Å²) in [5, 5.41) is 3.58. The van der Waals surface area contributed by atoms with Gasteiger partial charge < -0.3 is 10.2 Å². The van der Waals surface area contributed by atoms with E-state index in [0.29, 0.717) is 6.04 Å². The molecule has 3 aromatic rings. The van der Waals surface area contributed by atoms with E-state index in [0.717, 1.165) is 60.7 Å². The molecular weight excluding hydrogens is 387 g/mol. The Bertz CT molecular complexity index is 1040. The quantitative estimate of drug-likeness (QED) is 0.616. The molecule has 0 bridgehead atoms. The van der Waals surface area contributed by atoms with Crippen molar-refractivity contribution in [2.24, 2.45) is 0 Å². The van der Waals surface area contributed by atoms with E-state index >= 15 is 0 Å². The van der Waals surface area contributed by atoms with Gasteiger partial charge in [-0.1, -0.05) is 43.3 Å². The van der Waals surface area contributed by atoms with Gasteiger partial charge in [-0.3, -0.25) is 0 Å². The minimum Gasteiger partial charge on any atom is -0.351 e. The molecule has 0 saturated carbocycles. The first-order chi connectivity index (χ1) is 15.2. The van der Waals surface area contributed by atoms with Crippen LogP contribution in [0.2, 0.25) is 0 Å². The molecule has 0 radical (unpaired) electrons. The molecule has 4 nitrogen and oxygen atoms in total. The fourth-order valence-electron chi connectivity index (χ4n) is 5.00. The average Bonchev–Trinajstić information content (AvgIpc) is 2.81. The van der Waals surface area contributed by atoms with Crippen LogP contribution in [0.1, 0.15) is 48.8 Å². The Balaban J connectivity index is 1.39. The number of fused-ring (bicyclic) bond motifs is 3. The van der Waals surface area contributed by atoms with Crippen molar-refractivity contribution in [1.29, 1.82) is 0 Å². The topological polar surface area (TPSA) is 41.0 Å². The predicted molar refractivity (Wildman–Crippen MR) is 123 cm³/mol. The summed E-state index contributed by atoms with van der Waals surface area (Å²) in [6.07, 6.45) is 6.27. The maximum Gasteiger partial charge on any atom is 0.223 e. The van der Waals surface area contributed by atoms with Crippen LogP contribution in [-0.4, -0.2) is 40.5 Å². The number of anilines is 1. The van der Waals surface area contributed by atoms with Crippen molar-refractivity contribution >= 4 is 5.95 Å². The van der Waals surface area contributed by atoms with E-state index in [1.807, 2.05) is 18.3 Å². The molecule has 0 amide bonds. The number of benzene rings is 2. The van der Waals surface area contributed by atoms with Gasteiger partial charge in [0, 0.05) is 36.8 Å². The molecule has 1 atom stereocenters. The number of hydrogen-bond acceptors (Lipinski definition) is 4. The summed E-state index contributed by atoms with van der Waals surface area (Å²) in [7, 11) is 0. The van der Waals surface area contributed by atoms with Gasteiger partial charge in [-0.15, -0.1) is 0 Å². The van der Waals surface area contributed by atoms with Crippen molar-refractivity contribution in [2.75, 3.05) is 25.0 Å². The molecular formula is C26H29FN4. The van der Waals surface area contributed by atoms with Crippen molar-refractivity contribution < 1.29 is 4.39 Å². The Labute approximate surface area is 183 Å². The minimum absolute atomic E-state index is 0.189. The summed E-state index contributed by atoms with van der Waals surface area (Å²) in [6, 6.07) is 15.8. The third-order valence-corrected chi connectivity index (χ3v) is 6.61. The lowest BCUT2D eigenvalue weighted by Gasteiger charge is -2.32. The van der Waals surface area contributed by atoms with E-state index in [4.69, 9.17) is 4.98 Å². The standard InChI is InChI=1S/C26H29FN4/c1-2-13-31-14-11-21(12-15-31)29-26-28-17-19-16-24(18-7-9-20(27)10-8-18)22-5-3-4-6-23(22)25(19)30-26/h3-10,17,21,24H,2,11-16H2,1H3,(H,28,29,30). The molecule has 2 aromatic carbocycles. The second kappa shape index (κ2) is 8.75. The first-order valence-electron chi connectivity index (χ1n) is 11.4. The lowest BCUT2D eigenvalue weighted by molar-refractivity contribution is 0.219. The molecule has 1 aliphatic carbocycles. The number of likely N-dealkylation sites (tertiary alicyclic amines) is 1. The van der Waals surface area contributed by atoms with Crippen molar-refractivity contribution in [1.82, 2.24) is 14.9 Å². The Kier molecular flexibility index (Phi) is 5.68. The SMILES string of the molecule is CCCN1CCC(Nc2ncc3c(n2)-c2ccccc2C(c2ccc(F)cc2)C3)CC1. The number of rotatable bonds is 5. The van der Waals surface area contributed by atoms with Crippen molar-refractivity contribution in [3.63, 3.8) is 0 Å². The molecule has 5 rings (SSSR count). The van der Waals surface area contributed by atoms with Crippen molar-refractivity contribution in [3.05, 3.63) is 77.2 Å². The summed E-state index contributed by atoms with van der Waals surface area (Å²) in [5.41, 5.74) is 5.70. The number of nitrogens with one attached hydrogen (secondary N) is 1. The van der Waals surface area contributed by atoms with Crippen molar-refractivity contribution in [3.8, 4) is 11.3 Å². The second-order valence-electron chi connectivity index (χ2n) is 8.72. The Morgan fingerprint density at radius 1 is 1.06 bits per heavy atom. The molecule has 5 heteroatoms. The van der Waals surface area contributed by atoms with Gasteiger partial charge in [0.2, 0.25) is 5.95 Å². The van der Waals surface area contributed by atoms with E-state index in [9.17, 15) is 4.39 Å². The van der Waals surface area contributed by atoms with E-state index in [1.54, 1.807) is 12.1 Å². The van der Waals surface area contributed by atoms with Crippen LogP contribution < -0.4 is 5.32 Å². The molecule has 1 saturated heterocycles. The Morgan fingerprint density at radius 2 is 1.84 bits per heavy atom. The molecule has 1 unspecified atom stereocenters.